The smallest absolute Gasteiger partial charge is 0.377 e. The Labute approximate surface area is 242 Å². The van der Waals surface area contributed by atoms with Crippen LogP contribution in [0.2, 0.25) is 5.02 Å². The van der Waals surface area contributed by atoms with Crippen molar-refractivity contribution in [1.82, 2.24) is 24.5 Å². The zero-order valence-corrected chi connectivity index (χ0v) is 23.8. The number of piperazine rings is 1. The highest BCUT2D eigenvalue weighted by molar-refractivity contribution is 8.00. The zero-order valence-electron chi connectivity index (χ0n) is 22.3. The number of benzene rings is 1. The number of halogens is 4. The number of rotatable bonds is 7. The van der Waals surface area contributed by atoms with Crippen LogP contribution in [0, 0.1) is 0 Å². The molecule has 2 aliphatic rings. The number of hydrogen-bond acceptors (Lipinski definition) is 8. The van der Waals surface area contributed by atoms with E-state index in [1.165, 1.54) is 16.6 Å². The summed E-state index contributed by atoms with van der Waals surface area (Å²) in [6, 6.07) is 3.72. The molecule has 1 aromatic carbocycles. The van der Waals surface area contributed by atoms with Crippen molar-refractivity contribution in [2.24, 2.45) is 0 Å². The molecular weight excluding hydrogens is 583 g/mol. The van der Waals surface area contributed by atoms with Gasteiger partial charge in [-0.25, -0.2) is 0 Å². The quantitative estimate of drug-likeness (QED) is 0.387. The maximum Gasteiger partial charge on any atom is 0.446 e. The molecule has 1 fully saturated rings. The highest BCUT2D eigenvalue weighted by Gasteiger charge is 2.30. The lowest BCUT2D eigenvalue weighted by molar-refractivity contribution is -0.116. The summed E-state index contributed by atoms with van der Waals surface area (Å²) in [5, 5.41) is 10.5. The molecule has 41 heavy (non-hydrogen) atoms. The van der Waals surface area contributed by atoms with Crippen LogP contribution in [-0.4, -0.2) is 70.0 Å². The van der Waals surface area contributed by atoms with Crippen molar-refractivity contribution in [3.8, 4) is 0 Å². The van der Waals surface area contributed by atoms with E-state index in [9.17, 15) is 22.8 Å². The minimum Gasteiger partial charge on any atom is -0.377 e. The number of ether oxygens (including phenoxy) is 1. The molecular formula is C26H29ClF3N7O3S. The molecule has 0 radical (unpaired) electrons. The van der Waals surface area contributed by atoms with Gasteiger partial charge in [-0.2, -0.15) is 22.7 Å². The highest BCUT2D eigenvalue weighted by atomic mass is 35.5. The van der Waals surface area contributed by atoms with E-state index in [1.807, 2.05) is 17.9 Å². The normalized spacial score (nSPS) is 16.5. The number of alkyl halides is 3. The van der Waals surface area contributed by atoms with Gasteiger partial charge in [-0.1, -0.05) is 24.6 Å². The van der Waals surface area contributed by atoms with Crippen LogP contribution >= 0.6 is 23.4 Å². The zero-order chi connectivity index (χ0) is 29.1. The van der Waals surface area contributed by atoms with E-state index in [2.05, 4.69) is 20.7 Å². The second-order valence-electron chi connectivity index (χ2n) is 9.59. The van der Waals surface area contributed by atoms with Gasteiger partial charge in [-0.3, -0.25) is 9.59 Å². The molecule has 220 valence electrons. The third kappa shape index (κ3) is 6.71. The number of nitrogens with one attached hydrogen (secondary N) is 2. The maximum atomic E-state index is 13.8. The number of carbonyl (C=O) groups excluding carboxylic acids is 1. The number of thioether (sulfide) groups is 1. The van der Waals surface area contributed by atoms with Crippen LogP contribution in [0.3, 0.4) is 0 Å². The molecule has 0 atom stereocenters. The first-order valence-corrected chi connectivity index (χ1v) is 14.4. The first kappa shape index (κ1) is 29.4. The summed E-state index contributed by atoms with van der Waals surface area (Å²) in [6.07, 6.45) is 4.11. The fourth-order valence-corrected chi connectivity index (χ4v) is 5.81. The van der Waals surface area contributed by atoms with Crippen LogP contribution in [-0.2, 0) is 22.5 Å². The lowest BCUT2D eigenvalue weighted by Gasteiger charge is -2.31. The summed E-state index contributed by atoms with van der Waals surface area (Å²) >= 11 is 5.92. The van der Waals surface area contributed by atoms with Gasteiger partial charge in [0.25, 0.3) is 5.56 Å². The highest BCUT2D eigenvalue weighted by Crippen LogP contribution is 2.39. The Balaban J connectivity index is 1.53. The number of carbonyl (C=O) groups is 1. The number of allylic oxidation sites excluding steroid dienone is 1. The lowest BCUT2D eigenvalue weighted by Crippen LogP contribution is -2.47. The molecule has 0 bridgehead atoms. The number of amides is 1. The van der Waals surface area contributed by atoms with Crippen molar-refractivity contribution < 1.29 is 22.7 Å². The molecule has 0 spiro atoms. The van der Waals surface area contributed by atoms with E-state index >= 15 is 0 Å². The van der Waals surface area contributed by atoms with Gasteiger partial charge < -0.3 is 24.8 Å². The van der Waals surface area contributed by atoms with Crippen molar-refractivity contribution in [1.29, 1.82) is 0 Å². The van der Waals surface area contributed by atoms with Gasteiger partial charge in [0, 0.05) is 43.3 Å². The van der Waals surface area contributed by atoms with Gasteiger partial charge in [0.05, 0.1) is 23.0 Å². The average Bonchev–Trinajstić information content (AvgIpc) is 3.20. The number of nitrogens with zero attached hydrogens (tertiary/aromatic N) is 5. The van der Waals surface area contributed by atoms with Gasteiger partial charge in [0.15, 0.2) is 5.82 Å². The van der Waals surface area contributed by atoms with E-state index in [0.29, 0.717) is 63.0 Å². The standard InChI is InChI=1S/C26H29ClF3N7O3S/c1-2-20-22(35-10-8-31-9-11-35)24(39)37-25(33-23(34-37)16-5-3-4-12-40-15-16)36(20)14-21(38)32-19-7-6-17(13-18(19)27)41-26(28,29)30/h5-7,13,31H,2-4,8-12,14-15H2,1H3,(H,32,38). The molecule has 2 aliphatic heterocycles. The van der Waals surface area contributed by atoms with Crippen LogP contribution in [0.4, 0.5) is 24.5 Å². The predicted octanol–water partition coefficient (Wildman–Crippen LogP) is 3.96. The Morgan fingerprint density at radius 1 is 1.27 bits per heavy atom. The molecule has 15 heteroatoms. The van der Waals surface area contributed by atoms with E-state index < -0.39 is 11.4 Å². The van der Waals surface area contributed by atoms with Crippen LogP contribution < -0.4 is 21.1 Å². The van der Waals surface area contributed by atoms with Gasteiger partial charge >= 0.3 is 5.51 Å². The summed E-state index contributed by atoms with van der Waals surface area (Å²) in [5.74, 6) is 0.0822. The molecule has 2 N–H and O–H groups in total. The third-order valence-electron chi connectivity index (χ3n) is 6.77. The van der Waals surface area contributed by atoms with Gasteiger partial charge in [0.1, 0.15) is 12.2 Å². The molecule has 10 nitrogen and oxygen atoms in total. The van der Waals surface area contributed by atoms with E-state index in [4.69, 9.17) is 16.3 Å². The minimum absolute atomic E-state index is 0.0278. The molecule has 0 aliphatic carbocycles. The summed E-state index contributed by atoms with van der Waals surface area (Å²) < 4.78 is 46.8. The molecule has 5 rings (SSSR count). The summed E-state index contributed by atoms with van der Waals surface area (Å²) in [5.41, 5.74) is -2.74. The Kier molecular flexibility index (Phi) is 8.92. The molecule has 0 saturated carbocycles. The molecule has 4 heterocycles. The van der Waals surface area contributed by atoms with Gasteiger partial charge in [-0.05, 0) is 49.2 Å². The van der Waals surface area contributed by atoms with E-state index in [1.54, 1.807) is 4.57 Å². The van der Waals surface area contributed by atoms with E-state index in [0.717, 1.165) is 24.5 Å². The fourth-order valence-electron chi connectivity index (χ4n) is 4.94. The Morgan fingerprint density at radius 2 is 2.05 bits per heavy atom. The molecule has 1 amide bonds. The average molecular weight is 612 g/mol. The minimum atomic E-state index is -4.46. The topological polar surface area (TPSA) is 106 Å². The van der Waals surface area contributed by atoms with Crippen LogP contribution in [0.25, 0.3) is 11.4 Å². The lowest BCUT2D eigenvalue weighted by atomic mass is 10.2. The van der Waals surface area contributed by atoms with E-state index in [-0.39, 0.29) is 45.2 Å². The maximum absolute atomic E-state index is 13.8. The Hall–Kier alpha value is -3.07. The van der Waals surface area contributed by atoms with Gasteiger partial charge in [-0.15, -0.1) is 5.10 Å². The monoisotopic (exact) mass is 611 g/mol. The van der Waals surface area contributed by atoms with Gasteiger partial charge in [0.2, 0.25) is 11.7 Å². The first-order valence-electron chi connectivity index (χ1n) is 13.2. The molecule has 0 unspecified atom stereocenters. The summed E-state index contributed by atoms with van der Waals surface area (Å²) in [4.78, 5) is 33.7. The number of fused-ring (bicyclic) bond motifs is 1. The van der Waals surface area contributed by atoms with Crippen molar-refractivity contribution in [2.45, 2.75) is 43.1 Å². The van der Waals surface area contributed by atoms with Crippen LogP contribution in [0.15, 0.2) is 34.0 Å². The van der Waals surface area contributed by atoms with Crippen molar-refractivity contribution in [3.05, 3.63) is 51.2 Å². The van der Waals surface area contributed by atoms with Crippen molar-refractivity contribution in [3.63, 3.8) is 0 Å². The molecule has 3 aromatic rings. The number of aromatic nitrogens is 4. The summed E-state index contributed by atoms with van der Waals surface area (Å²) in [7, 11) is 0. The SMILES string of the molecule is CCc1c(N2CCNCC2)c(=O)n2nc(C3=CCCCOC3)nc2n1CC(=O)Nc1ccc(SC(F)(F)F)cc1Cl. The number of anilines is 2. The second kappa shape index (κ2) is 12.4. The van der Waals surface area contributed by atoms with Crippen molar-refractivity contribution in [2.75, 3.05) is 49.6 Å². The van der Waals surface area contributed by atoms with Crippen LogP contribution in [0.5, 0.6) is 0 Å². The largest absolute Gasteiger partial charge is 0.446 e. The number of hydrogen-bond donors (Lipinski definition) is 2. The van der Waals surface area contributed by atoms with Crippen molar-refractivity contribution >= 4 is 52.0 Å². The second-order valence-corrected chi connectivity index (χ2v) is 11.1. The molecule has 2 aromatic heterocycles. The van der Waals surface area contributed by atoms with Crippen LogP contribution in [0.1, 0.15) is 31.3 Å². The third-order valence-corrected chi connectivity index (χ3v) is 7.81. The fraction of sp³-hybridized carbons (Fsp3) is 0.462. The Morgan fingerprint density at radius 3 is 2.76 bits per heavy atom. The molecule has 1 saturated heterocycles. The first-order chi connectivity index (χ1) is 19.6. The predicted molar refractivity (Wildman–Crippen MR) is 152 cm³/mol. The Bertz CT molecular complexity index is 1530. The summed E-state index contributed by atoms with van der Waals surface area (Å²) in [6.45, 7) is 5.23.